The molecular weight excluding hydrogens is 375 g/mol. The Hall–Kier alpha value is -1.37. The van der Waals surface area contributed by atoms with Crippen molar-refractivity contribution in [1.29, 1.82) is 0 Å². The van der Waals surface area contributed by atoms with Gasteiger partial charge >= 0.3 is 0 Å². The van der Waals surface area contributed by atoms with E-state index in [0.29, 0.717) is 14.3 Å². The Labute approximate surface area is 179 Å². The fourth-order valence-electron chi connectivity index (χ4n) is 3.90. The summed E-state index contributed by atoms with van der Waals surface area (Å²) in [5.41, 5.74) is 4.28. The number of unbranched alkanes of at least 4 members (excludes halogenated alkanes) is 2. The molecule has 3 heteroatoms. The predicted molar refractivity (Wildman–Crippen MR) is 128 cm³/mol. The molecule has 160 valence electrons. The van der Waals surface area contributed by atoms with E-state index < -0.39 is 6.10 Å². The molecule has 0 bridgehead atoms. The number of hydrogen-bond donors (Lipinski definition) is 2. The van der Waals surface area contributed by atoms with Crippen molar-refractivity contribution in [3.8, 4) is 5.75 Å². The first-order chi connectivity index (χ1) is 13.5. The SMILES string of the molecule is CCCCCC(C)(Pc1ccccc1C(C)O)c1cc(C(C)(C)C)cc(C)c1O. The monoisotopic (exact) mass is 414 g/mol. The van der Waals surface area contributed by atoms with Crippen LogP contribution in [0.25, 0.3) is 0 Å². The summed E-state index contributed by atoms with van der Waals surface area (Å²) in [6.07, 6.45) is 4.03. The maximum absolute atomic E-state index is 11.1. The number of aliphatic hydroxyl groups excluding tert-OH is 1. The molecule has 0 aliphatic carbocycles. The molecule has 2 nitrogen and oxygen atoms in total. The zero-order valence-corrected chi connectivity index (χ0v) is 20.3. The first kappa shape index (κ1) is 23.9. The quantitative estimate of drug-likeness (QED) is 0.366. The molecule has 29 heavy (non-hydrogen) atoms. The zero-order chi connectivity index (χ0) is 21.8. The van der Waals surface area contributed by atoms with Gasteiger partial charge in [-0.25, -0.2) is 0 Å². The number of phenolic OH excluding ortho intramolecular Hbond substituents is 1. The van der Waals surface area contributed by atoms with E-state index in [2.05, 4.69) is 58.9 Å². The molecular formula is C26H39O2P. The van der Waals surface area contributed by atoms with Gasteiger partial charge in [0.2, 0.25) is 0 Å². The molecule has 3 atom stereocenters. The smallest absolute Gasteiger partial charge is 0.122 e. The van der Waals surface area contributed by atoms with E-state index in [-0.39, 0.29) is 10.6 Å². The molecule has 2 aromatic rings. The van der Waals surface area contributed by atoms with Gasteiger partial charge in [0, 0.05) is 10.7 Å². The van der Waals surface area contributed by atoms with E-state index >= 15 is 0 Å². The minimum atomic E-state index is -0.491. The highest BCUT2D eigenvalue weighted by molar-refractivity contribution is 7.48. The fourth-order valence-corrected chi connectivity index (χ4v) is 5.74. The molecule has 0 heterocycles. The van der Waals surface area contributed by atoms with Crippen molar-refractivity contribution in [3.63, 3.8) is 0 Å². The van der Waals surface area contributed by atoms with Crippen LogP contribution >= 0.6 is 8.58 Å². The molecule has 2 aromatic carbocycles. The predicted octanol–water partition coefficient (Wildman–Crippen LogP) is 6.85. The van der Waals surface area contributed by atoms with Crippen LogP contribution in [0, 0.1) is 6.92 Å². The third-order valence-electron chi connectivity index (χ3n) is 5.86. The second-order valence-corrected chi connectivity index (χ2v) is 11.5. The zero-order valence-electron chi connectivity index (χ0n) is 19.3. The summed E-state index contributed by atoms with van der Waals surface area (Å²) in [6, 6.07) is 12.6. The van der Waals surface area contributed by atoms with Crippen LogP contribution in [-0.2, 0) is 10.6 Å². The maximum Gasteiger partial charge on any atom is 0.122 e. The number of aromatic hydroxyl groups is 1. The number of hydrogen-bond acceptors (Lipinski definition) is 2. The molecule has 0 fully saturated rings. The van der Waals surface area contributed by atoms with E-state index in [4.69, 9.17) is 0 Å². The van der Waals surface area contributed by atoms with Crippen LogP contribution in [0.3, 0.4) is 0 Å². The number of rotatable bonds is 8. The second-order valence-electron chi connectivity index (χ2n) is 9.62. The molecule has 0 saturated heterocycles. The Morgan fingerprint density at radius 1 is 1.03 bits per heavy atom. The van der Waals surface area contributed by atoms with Gasteiger partial charge in [0.1, 0.15) is 5.75 Å². The molecule has 3 unspecified atom stereocenters. The van der Waals surface area contributed by atoms with Crippen molar-refractivity contribution in [2.45, 2.75) is 90.8 Å². The van der Waals surface area contributed by atoms with Crippen LogP contribution in [0.1, 0.15) is 95.6 Å². The molecule has 0 amide bonds. The second kappa shape index (κ2) is 9.63. The summed E-state index contributed by atoms with van der Waals surface area (Å²) in [6.45, 7) is 15.0. The average molecular weight is 415 g/mol. The van der Waals surface area contributed by atoms with Crippen LogP contribution in [0.2, 0.25) is 0 Å². The van der Waals surface area contributed by atoms with Gasteiger partial charge in [-0.15, -0.1) is 0 Å². The summed E-state index contributed by atoms with van der Waals surface area (Å²) in [5, 5.41) is 22.4. The number of benzene rings is 2. The summed E-state index contributed by atoms with van der Waals surface area (Å²) in [7, 11) is 0.481. The van der Waals surface area contributed by atoms with Gasteiger partial charge in [-0.3, -0.25) is 0 Å². The molecule has 2 rings (SSSR count). The lowest BCUT2D eigenvalue weighted by Gasteiger charge is -2.34. The van der Waals surface area contributed by atoms with Gasteiger partial charge in [-0.2, -0.15) is 0 Å². The molecule has 0 aliphatic rings. The van der Waals surface area contributed by atoms with Gasteiger partial charge in [0.15, 0.2) is 0 Å². The summed E-state index contributed by atoms with van der Waals surface area (Å²) in [5.74, 6) is 0.430. The van der Waals surface area contributed by atoms with Gasteiger partial charge in [-0.05, 0) is 47.7 Å². The Kier molecular flexibility index (Phi) is 7.93. The number of aliphatic hydroxyl groups is 1. The maximum atomic E-state index is 11.1. The lowest BCUT2D eigenvalue weighted by Crippen LogP contribution is -2.23. The van der Waals surface area contributed by atoms with Crippen LogP contribution in [0.5, 0.6) is 5.75 Å². The van der Waals surface area contributed by atoms with Crippen LogP contribution < -0.4 is 5.30 Å². The van der Waals surface area contributed by atoms with Gasteiger partial charge in [-0.1, -0.05) is 98.9 Å². The topological polar surface area (TPSA) is 40.5 Å². The molecule has 0 radical (unpaired) electrons. The minimum absolute atomic E-state index is 0.0260. The molecule has 0 spiro atoms. The van der Waals surface area contributed by atoms with E-state index in [0.717, 1.165) is 29.5 Å². The minimum Gasteiger partial charge on any atom is -0.507 e. The van der Waals surface area contributed by atoms with E-state index in [1.807, 2.05) is 26.0 Å². The van der Waals surface area contributed by atoms with Gasteiger partial charge < -0.3 is 10.2 Å². The van der Waals surface area contributed by atoms with Crippen molar-refractivity contribution >= 4 is 13.9 Å². The molecule has 2 N–H and O–H groups in total. The number of phenols is 1. The van der Waals surface area contributed by atoms with Crippen molar-refractivity contribution in [1.82, 2.24) is 0 Å². The van der Waals surface area contributed by atoms with Crippen molar-refractivity contribution in [2.75, 3.05) is 0 Å². The highest BCUT2D eigenvalue weighted by atomic mass is 31.1. The van der Waals surface area contributed by atoms with E-state index in [9.17, 15) is 10.2 Å². The van der Waals surface area contributed by atoms with Crippen molar-refractivity contribution in [3.05, 3.63) is 58.7 Å². The third-order valence-corrected chi connectivity index (χ3v) is 7.66. The van der Waals surface area contributed by atoms with Crippen LogP contribution in [-0.4, -0.2) is 10.2 Å². The first-order valence-corrected chi connectivity index (χ1v) is 11.9. The van der Waals surface area contributed by atoms with Crippen LogP contribution in [0.4, 0.5) is 0 Å². The Morgan fingerprint density at radius 2 is 1.69 bits per heavy atom. The van der Waals surface area contributed by atoms with Gasteiger partial charge in [0.05, 0.1) is 6.10 Å². The molecule has 0 aliphatic heterocycles. The normalized spacial score (nSPS) is 15.6. The first-order valence-electron chi connectivity index (χ1n) is 10.9. The summed E-state index contributed by atoms with van der Waals surface area (Å²) < 4.78 is 0. The fraction of sp³-hybridized carbons (Fsp3) is 0.538. The van der Waals surface area contributed by atoms with Crippen molar-refractivity contribution in [2.24, 2.45) is 0 Å². The van der Waals surface area contributed by atoms with Gasteiger partial charge in [0.25, 0.3) is 0 Å². The van der Waals surface area contributed by atoms with E-state index in [1.54, 1.807) is 0 Å². The summed E-state index contributed by atoms with van der Waals surface area (Å²) >= 11 is 0. The van der Waals surface area contributed by atoms with E-state index in [1.165, 1.54) is 23.7 Å². The summed E-state index contributed by atoms with van der Waals surface area (Å²) in [4.78, 5) is 0. The largest absolute Gasteiger partial charge is 0.507 e. The highest BCUT2D eigenvalue weighted by Gasteiger charge is 2.32. The Morgan fingerprint density at radius 3 is 2.28 bits per heavy atom. The Bertz CT molecular complexity index is 820. The number of aryl methyl sites for hydroxylation is 1. The van der Waals surface area contributed by atoms with Crippen molar-refractivity contribution < 1.29 is 10.2 Å². The molecule has 0 saturated carbocycles. The lowest BCUT2D eigenvalue weighted by atomic mass is 9.82. The highest BCUT2D eigenvalue weighted by Crippen LogP contribution is 2.50. The third kappa shape index (κ3) is 5.83. The molecule has 0 aromatic heterocycles. The average Bonchev–Trinajstić information content (AvgIpc) is 2.63. The standard InChI is InChI=1S/C26H39O2P/c1-8-9-12-15-26(7,29-23-14-11-10-13-21(23)19(3)27)22-17-20(25(4,5)6)16-18(2)24(22)28/h10-11,13-14,16-17,19,27-29H,8-9,12,15H2,1-7H3. The lowest BCUT2D eigenvalue weighted by molar-refractivity contribution is 0.200. The van der Waals surface area contributed by atoms with Crippen LogP contribution in [0.15, 0.2) is 36.4 Å². The Balaban J connectivity index is 2.60.